The van der Waals surface area contributed by atoms with Crippen molar-refractivity contribution < 1.29 is 14.3 Å². The number of esters is 1. The van der Waals surface area contributed by atoms with Crippen LogP contribution < -0.4 is 0 Å². The molecule has 0 aliphatic carbocycles. The molecule has 0 N–H and O–H groups in total. The molecule has 0 radical (unpaired) electrons. The van der Waals surface area contributed by atoms with Gasteiger partial charge in [-0.15, -0.1) is 0 Å². The summed E-state index contributed by atoms with van der Waals surface area (Å²) >= 11 is 0. The Kier molecular flexibility index (Phi) is 16.2. The standard InChI is InChI=1S/C23H46O3/c1-6-7-8-9-11-14-17-23(4,5)18-15-12-10-13-16-19-25-20-21(2)26-22(3)24/h21H,6-20H2,1-5H3. The van der Waals surface area contributed by atoms with Gasteiger partial charge in [0.25, 0.3) is 0 Å². The molecular formula is C23H46O3. The van der Waals surface area contributed by atoms with E-state index in [0.29, 0.717) is 12.0 Å². The highest BCUT2D eigenvalue weighted by Crippen LogP contribution is 2.30. The quantitative estimate of drug-likeness (QED) is 0.191. The van der Waals surface area contributed by atoms with Gasteiger partial charge in [-0.25, -0.2) is 0 Å². The second-order valence-corrected chi connectivity index (χ2v) is 8.69. The van der Waals surface area contributed by atoms with E-state index in [-0.39, 0.29) is 12.1 Å². The predicted molar refractivity (Wildman–Crippen MR) is 112 cm³/mol. The molecule has 0 spiro atoms. The minimum Gasteiger partial charge on any atom is -0.460 e. The van der Waals surface area contributed by atoms with Crippen molar-refractivity contribution in [3.63, 3.8) is 0 Å². The van der Waals surface area contributed by atoms with Crippen molar-refractivity contribution in [1.29, 1.82) is 0 Å². The largest absolute Gasteiger partial charge is 0.460 e. The lowest BCUT2D eigenvalue weighted by Gasteiger charge is -2.24. The average molecular weight is 371 g/mol. The van der Waals surface area contributed by atoms with Gasteiger partial charge in [0, 0.05) is 13.5 Å². The molecule has 0 fully saturated rings. The molecule has 26 heavy (non-hydrogen) atoms. The van der Waals surface area contributed by atoms with Gasteiger partial charge >= 0.3 is 5.97 Å². The van der Waals surface area contributed by atoms with Gasteiger partial charge in [0.15, 0.2) is 0 Å². The van der Waals surface area contributed by atoms with Gasteiger partial charge in [-0.3, -0.25) is 4.79 Å². The van der Waals surface area contributed by atoms with E-state index in [2.05, 4.69) is 20.8 Å². The number of rotatable bonds is 18. The molecule has 3 heteroatoms. The van der Waals surface area contributed by atoms with E-state index < -0.39 is 0 Å². The molecule has 1 unspecified atom stereocenters. The van der Waals surface area contributed by atoms with E-state index in [4.69, 9.17) is 9.47 Å². The van der Waals surface area contributed by atoms with Crippen molar-refractivity contribution in [1.82, 2.24) is 0 Å². The van der Waals surface area contributed by atoms with Crippen LogP contribution in [-0.2, 0) is 14.3 Å². The summed E-state index contributed by atoms with van der Waals surface area (Å²) in [6, 6.07) is 0. The predicted octanol–water partition coefficient (Wildman–Crippen LogP) is 7.07. The summed E-state index contributed by atoms with van der Waals surface area (Å²) in [5.41, 5.74) is 0.515. The maximum atomic E-state index is 10.8. The first kappa shape index (κ1) is 25.4. The van der Waals surface area contributed by atoms with Crippen LogP contribution in [0.25, 0.3) is 0 Å². The topological polar surface area (TPSA) is 35.5 Å². The van der Waals surface area contributed by atoms with Crippen molar-refractivity contribution in [2.24, 2.45) is 5.41 Å². The SMILES string of the molecule is CCCCCCCCC(C)(C)CCCCCCCOCC(C)OC(C)=O. The summed E-state index contributed by atoms with van der Waals surface area (Å²) in [5.74, 6) is -0.236. The Morgan fingerprint density at radius 3 is 1.88 bits per heavy atom. The smallest absolute Gasteiger partial charge is 0.302 e. The number of carbonyl (C=O) groups excluding carboxylic acids is 1. The summed E-state index contributed by atoms with van der Waals surface area (Å²) in [6.45, 7) is 11.7. The Morgan fingerprint density at radius 1 is 0.846 bits per heavy atom. The van der Waals surface area contributed by atoms with E-state index in [1.165, 1.54) is 84.0 Å². The van der Waals surface area contributed by atoms with E-state index in [0.717, 1.165) is 13.0 Å². The molecule has 156 valence electrons. The number of ether oxygens (including phenoxy) is 2. The lowest BCUT2D eigenvalue weighted by molar-refractivity contribution is -0.148. The molecule has 0 heterocycles. The van der Waals surface area contributed by atoms with E-state index in [1.54, 1.807) is 0 Å². The van der Waals surface area contributed by atoms with E-state index in [9.17, 15) is 4.79 Å². The van der Waals surface area contributed by atoms with E-state index in [1.807, 2.05) is 6.92 Å². The highest BCUT2D eigenvalue weighted by Gasteiger charge is 2.16. The minimum absolute atomic E-state index is 0.138. The molecule has 0 aliphatic rings. The number of hydrogen-bond donors (Lipinski definition) is 0. The molecule has 0 aliphatic heterocycles. The van der Waals surface area contributed by atoms with Gasteiger partial charge in [-0.05, 0) is 31.6 Å². The van der Waals surface area contributed by atoms with Crippen molar-refractivity contribution in [3.8, 4) is 0 Å². The molecule has 0 rings (SSSR count). The Hall–Kier alpha value is -0.570. The Morgan fingerprint density at radius 2 is 1.35 bits per heavy atom. The summed E-state index contributed by atoms with van der Waals surface area (Å²) in [4.78, 5) is 10.8. The van der Waals surface area contributed by atoms with Gasteiger partial charge in [0.2, 0.25) is 0 Å². The molecule has 0 aromatic carbocycles. The van der Waals surface area contributed by atoms with Crippen LogP contribution in [0.1, 0.15) is 118 Å². The first-order valence-corrected chi connectivity index (χ1v) is 11.1. The third-order valence-electron chi connectivity index (χ3n) is 5.07. The van der Waals surface area contributed by atoms with Crippen LogP contribution in [0.2, 0.25) is 0 Å². The number of hydrogen-bond acceptors (Lipinski definition) is 3. The monoisotopic (exact) mass is 370 g/mol. The van der Waals surface area contributed by atoms with Crippen molar-refractivity contribution in [3.05, 3.63) is 0 Å². The van der Waals surface area contributed by atoms with Crippen LogP contribution in [0, 0.1) is 5.41 Å². The number of unbranched alkanes of at least 4 members (excludes halogenated alkanes) is 9. The van der Waals surface area contributed by atoms with E-state index >= 15 is 0 Å². The Balaban J connectivity index is 3.40. The fourth-order valence-corrected chi connectivity index (χ4v) is 3.41. The number of carbonyl (C=O) groups is 1. The van der Waals surface area contributed by atoms with Crippen LogP contribution in [-0.4, -0.2) is 25.3 Å². The van der Waals surface area contributed by atoms with Crippen LogP contribution in [0.4, 0.5) is 0 Å². The molecule has 0 saturated heterocycles. The van der Waals surface area contributed by atoms with Crippen LogP contribution in [0.3, 0.4) is 0 Å². The molecule has 0 aromatic heterocycles. The van der Waals surface area contributed by atoms with Gasteiger partial charge in [-0.2, -0.15) is 0 Å². The summed E-state index contributed by atoms with van der Waals surface area (Å²) in [5, 5.41) is 0. The summed E-state index contributed by atoms with van der Waals surface area (Å²) in [6.07, 6.45) is 17.3. The van der Waals surface area contributed by atoms with Gasteiger partial charge in [0.05, 0.1) is 6.61 Å². The molecule has 0 bridgehead atoms. The minimum atomic E-state index is -0.236. The van der Waals surface area contributed by atoms with Gasteiger partial charge < -0.3 is 9.47 Å². The molecule has 0 aromatic rings. The van der Waals surface area contributed by atoms with Crippen molar-refractivity contribution in [2.75, 3.05) is 13.2 Å². The highest BCUT2D eigenvalue weighted by molar-refractivity contribution is 5.66. The first-order valence-electron chi connectivity index (χ1n) is 11.1. The zero-order valence-corrected chi connectivity index (χ0v) is 18.4. The zero-order valence-electron chi connectivity index (χ0n) is 18.4. The molecule has 0 saturated carbocycles. The van der Waals surface area contributed by atoms with Crippen LogP contribution >= 0.6 is 0 Å². The third-order valence-corrected chi connectivity index (χ3v) is 5.07. The van der Waals surface area contributed by atoms with Gasteiger partial charge in [-0.1, -0.05) is 85.0 Å². The first-order chi connectivity index (χ1) is 12.4. The fraction of sp³-hybridized carbons (Fsp3) is 0.957. The molecular weight excluding hydrogens is 324 g/mol. The third kappa shape index (κ3) is 18.2. The Bertz CT molecular complexity index is 325. The highest BCUT2D eigenvalue weighted by atomic mass is 16.6. The molecule has 3 nitrogen and oxygen atoms in total. The van der Waals surface area contributed by atoms with Crippen LogP contribution in [0.5, 0.6) is 0 Å². The summed E-state index contributed by atoms with van der Waals surface area (Å²) < 4.78 is 10.6. The van der Waals surface area contributed by atoms with Crippen LogP contribution in [0.15, 0.2) is 0 Å². The maximum Gasteiger partial charge on any atom is 0.302 e. The zero-order chi connectivity index (χ0) is 19.7. The average Bonchev–Trinajstić information content (AvgIpc) is 2.55. The second kappa shape index (κ2) is 16.6. The van der Waals surface area contributed by atoms with Crippen molar-refractivity contribution >= 4 is 5.97 Å². The fourth-order valence-electron chi connectivity index (χ4n) is 3.41. The van der Waals surface area contributed by atoms with Gasteiger partial charge in [0.1, 0.15) is 6.10 Å². The maximum absolute atomic E-state index is 10.8. The molecule has 0 amide bonds. The normalized spacial score (nSPS) is 13.0. The lowest BCUT2D eigenvalue weighted by atomic mass is 9.82. The van der Waals surface area contributed by atoms with Crippen molar-refractivity contribution in [2.45, 2.75) is 124 Å². The second-order valence-electron chi connectivity index (χ2n) is 8.69. The molecule has 1 atom stereocenters. The summed E-state index contributed by atoms with van der Waals surface area (Å²) in [7, 11) is 0. The lowest BCUT2D eigenvalue weighted by Crippen LogP contribution is -2.18. The Labute approximate surface area is 163 Å².